The molecule has 22 heavy (non-hydrogen) atoms. The van der Waals surface area contributed by atoms with Crippen molar-refractivity contribution in [1.29, 1.82) is 0 Å². The minimum absolute atomic E-state index is 0.417. The number of aromatic nitrogens is 4. The summed E-state index contributed by atoms with van der Waals surface area (Å²) < 4.78 is 0. The van der Waals surface area contributed by atoms with E-state index in [0.29, 0.717) is 22.8 Å². The van der Waals surface area contributed by atoms with Gasteiger partial charge in [-0.1, -0.05) is 18.2 Å². The molecule has 0 aliphatic heterocycles. The number of rotatable bonds is 3. The lowest BCUT2D eigenvalue weighted by atomic mass is 10.2. The van der Waals surface area contributed by atoms with Crippen LogP contribution in [0.2, 0.25) is 0 Å². The normalized spacial score (nSPS) is 10.2. The molecule has 2 amide bonds. The molecule has 3 aromatic rings. The van der Waals surface area contributed by atoms with Crippen LogP contribution < -0.4 is 10.6 Å². The molecule has 2 heterocycles. The minimum atomic E-state index is -0.604. The average molecular weight is 292 g/mol. The Balaban J connectivity index is 2.16. The van der Waals surface area contributed by atoms with Crippen LogP contribution in [-0.2, 0) is 0 Å². The number of primary amides is 1. The first-order valence-corrected chi connectivity index (χ1v) is 6.48. The molecule has 0 atom stereocenters. The molecule has 7 heteroatoms. The number of anilines is 2. The van der Waals surface area contributed by atoms with E-state index in [1.807, 2.05) is 18.2 Å². The zero-order chi connectivity index (χ0) is 15.4. The molecule has 0 saturated carbocycles. The largest absolute Gasteiger partial charge is 0.351 e. The predicted octanol–water partition coefficient (Wildman–Crippen LogP) is 2.15. The van der Waals surface area contributed by atoms with Crippen LogP contribution in [0.25, 0.3) is 11.4 Å². The second kappa shape index (κ2) is 5.96. The van der Waals surface area contributed by atoms with Crippen molar-refractivity contribution in [2.75, 3.05) is 4.90 Å². The van der Waals surface area contributed by atoms with Gasteiger partial charge in [0, 0.05) is 12.4 Å². The Morgan fingerprint density at radius 1 is 1.00 bits per heavy atom. The molecule has 0 aliphatic carbocycles. The van der Waals surface area contributed by atoms with E-state index in [1.165, 1.54) is 17.6 Å². The quantitative estimate of drug-likeness (QED) is 0.797. The maximum atomic E-state index is 12.0. The number of carbonyl (C=O) groups excluding carboxylic acids is 1. The van der Waals surface area contributed by atoms with E-state index < -0.39 is 6.03 Å². The summed E-state index contributed by atoms with van der Waals surface area (Å²) in [6.45, 7) is 0. The van der Waals surface area contributed by atoms with Crippen LogP contribution in [0.15, 0.2) is 61.4 Å². The molecule has 1 aromatic carbocycles. The van der Waals surface area contributed by atoms with Crippen LogP contribution in [0, 0.1) is 0 Å². The minimum Gasteiger partial charge on any atom is -0.351 e. The number of hydrogen-bond acceptors (Lipinski definition) is 5. The molecule has 0 aliphatic rings. The highest BCUT2D eigenvalue weighted by molar-refractivity contribution is 6.01. The molecular formula is C15H12N6O. The third-order valence-electron chi connectivity index (χ3n) is 3.01. The van der Waals surface area contributed by atoms with Gasteiger partial charge in [0.05, 0.1) is 16.9 Å². The number of carbonyl (C=O) groups is 1. The Morgan fingerprint density at radius 3 is 2.41 bits per heavy atom. The first-order valence-electron chi connectivity index (χ1n) is 6.48. The molecule has 108 valence electrons. The SMILES string of the molecule is NC(=O)N(c1ccccc1)c1ccncc1-c1ncncn1. The van der Waals surface area contributed by atoms with Crippen molar-refractivity contribution >= 4 is 17.4 Å². The van der Waals surface area contributed by atoms with Crippen molar-refractivity contribution in [3.8, 4) is 11.4 Å². The van der Waals surface area contributed by atoms with Gasteiger partial charge in [0.2, 0.25) is 0 Å². The van der Waals surface area contributed by atoms with Crippen molar-refractivity contribution in [2.24, 2.45) is 5.73 Å². The van der Waals surface area contributed by atoms with Gasteiger partial charge in [0.25, 0.3) is 0 Å². The lowest BCUT2D eigenvalue weighted by molar-refractivity contribution is 0.256. The van der Waals surface area contributed by atoms with Crippen LogP contribution in [-0.4, -0.2) is 26.0 Å². The van der Waals surface area contributed by atoms with Gasteiger partial charge < -0.3 is 5.73 Å². The smallest absolute Gasteiger partial charge is 0.323 e. The van der Waals surface area contributed by atoms with Crippen LogP contribution >= 0.6 is 0 Å². The summed E-state index contributed by atoms with van der Waals surface area (Å²) in [6, 6.07) is 10.2. The van der Waals surface area contributed by atoms with Crippen LogP contribution in [0.4, 0.5) is 16.2 Å². The Hall–Kier alpha value is -3.35. The van der Waals surface area contributed by atoms with Gasteiger partial charge in [0.15, 0.2) is 5.82 Å². The summed E-state index contributed by atoms with van der Waals surface area (Å²) in [4.78, 5) is 29.4. The molecule has 7 nitrogen and oxygen atoms in total. The first kappa shape index (κ1) is 13.6. The fourth-order valence-electron chi connectivity index (χ4n) is 2.09. The zero-order valence-corrected chi connectivity index (χ0v) is 11.5. The number of hydrogen-bond donors (Lipinski definition) is 1. The highest BCUT2D eigenvalue weighted by Gasteiger charge is 2.20. The van der Waals surface area contributed by atoms with Crippen LogP contribution in [0.1, 0.15) is 0 Å². The monoisotopic (exact) mass is 292 g/mol. The molecule has 2 aromatic heterocycles. The predicted molar refractivity (Wildman–Crippen MR) is 81.2 cm³/mol. The highest BCUT2D eigenvalue weighted by atomic mass is 16.2. The van der Waals surface area contributed by atoms with E-state index in [1.54, 1.807) is 30.6 Å². The topological polar surface area (TPSA) is 97.9 Å². The van der Waals surface area contributed by atoms with Crippen molar-refractivity contribution in [1.82, 2.24) is 19.9 Å². The van der Waals surface area contributed by atoms with Gasteiger partial charge in [-0.15, -0.1) is 0 Å². The van der Waals surface area contributed by atoms with Gasteiger partial charge in [-0.3, -0.25) is 9.88 Å². The molecule has 2 N–H and O–H groups in total. The third-order valence-corrected chi connectivity index (χ3v) is 3.01. The number of urea groups is 1. The lowest BCUT2D eigenvalue weighted by Gasteiger charge is -2.22. The van der Waals surface area contributed by atoms with E-state index in [4.69, 9.17) is 5.73 Å². The molecule has 3 rings (SSSR count). The highest BCUT2D eigenvalue weighted by Crippen LogP contribution is 2.32. The second-order valence-corrected chi connectivity index (χ2v) is 4.36. The Labute approximate surface area is 126 Å². The van der Waals surface area contributed by atoms with E-state index >= 15 is 0 Å². The van der Waals surface area contributed by atoms with Crippen LogP contribution in [0.3, 0.4) is 0 Å². The van der Waals surface area contributed by atoms with Gasteiger partial charge in [-0.2, -0.15) is 0 Å². The molecule has 0 spiro atoms. The molecule has 0 bridgehead atoms. The third kappa shape index (κ3) is 2.59. The first-order chi connectivity index (χ1) is 10.8. The second-order valence-electron chi connectivity index (χ2n) is 4.36. The maximum absolute atomic E-state index is 12.0. The van der Waals surface area contributed by atoms with Gasteiger partial charge in [-0.05, 0) is 18.2 Å². The number of nitrogens with zero attached hydrogens (tertiary/aromatic N) is 5. The van der Waals surface area contributed by atoms with Crippen molar-refractivity contribution in [3.05, 3.63) is 61.4 Å². The Kier molecular flexibility index (Phi) is 3.69. The standard InChI is InChI=1S/C15H12N6O/c16-15(22)21(11-4-2-1-3-5-11)13-6-7-17-8-12(13)14-19-9-18-10-20-14/h1-10H,(H2,16,22). The number of benzene rings is 1. The molecule has 0 fully saturated rings. The zero-order valence-electron chi connectivity index (χ0n) is 11.5. The Morgan fingerprint density at radius 2 is 1.73 bits per heavy atom. The summed E-state index contributed by atoms with van der Waals surface area (Å²) in [6.07, 6.45) is 5.94. The summed E-state index contributed by atoms with van der Waals surface area (Å²) in [5.74, 6) is 0.417. The summed E-state index contributed by atoms with van der Waals surface area (Å²) in [7, 11) is 0. The fourth-order valence-corrected chi connectivity index (χ4v) is 2.09. The maximum Gasteiger partial charge on any atom is 0.323 e. The van der Waals surface area contributed by atoms with Crippen molar-refractivity contribution in [3.63, 3.8) is 0 Å². The molecule has 0 unspecified atom stereocenters. The molecular weight excluding hydrogens is 280 g/mol. The van der Waals surface area contributed by atoms with Gasteiger partial charge >= 0.3 is 6.03 Å². The number of pyridine rings is 1. The summed E-state index contributed by atoms with van der Waals surface area (Å²) in [5.41, 5.74) is 7.36. The Bertz CT molecular complexity index is 778. The number of amides is 2. The summed E-state index contributed by atoms with van der Waals surface area (Å²) >= 11 is 0. The number of para-hydroxylation sites is 1. The van der Waals surface area contributed by atoms with Gasteiger partial charge in [0.1, 0.15) is 12.7 Å². The fraction of sp³-hybridized carbons (Fsp3) is 0. The summed E-state index contributed by atoms with van der Waals surface area (Å²) in [5, 5.41) is 0. The van der Waals surface area contributed by atoms with E-state index in [2.05, 4.69) is 19.9 Å². The van der Waals surface area contributed by atoms with E-state index in [-0.39, 0.29) is 0 Å². The van der Waals surface area contributed by atoms with E-state index in [0.717, 1.165) is 0 Å². The van der Waals surface area contributed by atoms with Gasteiger partial charge in [-0.25, -0.2) is 19.7 Å². The number of nitrogens with two attached hydrogens (primary N) is 1. The van der Waals surface area contributed by atoms with E-state index in [9.17, 15) is 4.79 Å². The van der Waals surface area contributed by atoms with Crippen molar-refractivity contribution in [2.45, 2.75) is 0 Å². The average Bonchev–Trinajstić information content (AvgIpc) is 2.57. The molecule has 0 radical (unpaired) electrons. The molecule has 0 saturated heterocycles. The van der Waals surface area contributed by atoms with Crippen molar-refractivity contribution < 1.29 is 4.79 Å². The van der Waals surface area contributed by atoms with Crippen LogP contribution in [0.5, 0.6) is 0 Å². The lowest BCUT2D eigenvalue weighted by Crippen LogP contribution is -2.31.